The van der Waals surface area contributed by atoms with Crippen molar-refractivity contribution in [2.75, 3.05) is 25.8 Å². The molecule has 2 aliphatic rings. The van der Waals surface area contributed by atoms with Crippen LogP contribution in [-0.2, 0) is 19.8 Å². The van der Waals surface area contributed by atoms with Crippen LogP contribution >= 0.6 is 23.2 Å². The molecule has 1 unspecified atom stereocenters. The molecule has 0 saturated heterocycles. The molecule has 246 valence electrons. The average molecular weight is 678 g/mol. The summed E-state index contributed by atoms with van der Waals surface area (Å²) in [5.74, 6) is -2.04. The number of benzene rings is 4. The highest BCUT2D eigenvalue weighted by molar-refractivity contribution is 6.31. The third kappa shape index (κ3) is 6.65. The third-order valence-electron chi connectivity index (χ3n) is 9.71. The fraction of sp³-hybridized carbons (Fsp3) is 0.342. The van der Waals surface area contributed by atoms with E-state index < -0.39 is 41.4 Å². The van der Waals surface area contributed by atoms with Crippen molar-refractivity contribution in [2.45, 2.75) is 61.7 Å². The van der Waals surface area contributed by atoms with Crippen LogP contribution in [0.4, 0.5) is 10.1 Å². The third-order valence-corrected chi connectivity index (χ3v) is 10.2. The zero-order valence-electron chi connectivity index (χ0n) is 26.2. The number of nitrogens with one attached hydrogen (secondary N) is 1. The minimum atomic E-state index is -1.10. The van der Waals surface area contributed by atoms with E-state index in [1.165, 1.54) is 13.2 Å². The van der Waals surface area contributed by atoms with Gasteiger partial charge in [0, 0.05) is 22.2 Å². The van der Waals surface area contributed by atoms with E-state index in [0.29, 0.717) is 23.4 Å². The van der Waals surface area contributed by atoms with Gasteiger partial charge < -0.3 is 19.9 Å². The van der Waals surface area contributed by atoms with E-state index in [1.807, 2.05) is 78.9 Å². The number of hydrogen-bond donors (Lipinski definition) is 2. The molecule has 1 aliphatic carbocycles. The molecule has 47 heavy (non-hydrogen) atoms. The summed E-state index contributed by atoms with van der Waals surface area (Å²) in [5, 5.41) is 16.5. The highest BCUT2D eigenvalue weighted by atomic mass is 35.5. The van der Waals surface area contributed by atoms with Crippen molar-refractivity contribution >= 4 is 34.9 Å². The summed E-state index contributed by atoms with van der Waals surface area (Å²) in [5.41, 5.74) is 2.61. The molecule has 6 rings (SSSR count). The van der Waals surface area contributed by atoms with Gasteiger partial charge in [0.1, 0.15) is 18.6 Å². The Morgan fingerprint density at radius 1 is 0.957 bits per heavy atom. The molecule has 1 spiro atoms. The molecule has 1 heterocycles. The van der Waals surface area contributed by atoms with Crippen molar-refractivity contribution in [1.29, 1.82) is 0 Å². The second kappa shape index (κ2) is 14.8. The predicted molar refractivity (Wildman–Crippen MR) is 183 cm³/mol. The summed E-state index contributed by atoms with van der Waals surface area (Å²) in [7, 11) is 1.35. The van der Waals surface area contributed by atoms with Gasteiger partial charge in [-0.15, -0.1) is 0 Å². The number of carbonyl (C=O) groups is 1. The lowest BCUT2D eigenvalue weighted by atomic mass is 9.70. The Balaban J connectivity index is 1.72. The number of halogens is 3. The molecule has 1 saturated carbocycles. The van der Waals surface area contributed by atoms with Crippen LogP contribution in [-0.4, -0.2) is 42.5 Å². The molecule has 1 aliphatic heterocycles. The van der Waals surface area contributed by atoms with Gasteiger partial charge in [-0.05, 0) is 53.3 Å². The topological polar surface area (TPSA) is 71.0 Å². The average Bonchev–Trinajstić information content (AvgIpc) is 3.10. The van der Waals surface area contributed by atoms with Crippen LogP contribution in [0.25, 0.3) is 0 Å². The number of methoxy groups -OCH3 is 1. The molecule has 1 fully saturated rings. The lowest BCUT2D eigenvalue weighted by Gasteiger charge is -2.56. The second-order valence-electron chi connectivity index (χ2n) is 12.3. The number of rotatable bonds is 6. The summed E-state index contributed by atoms with van der Waals surface area (Å²) >= 11 is 12.9. The second-order valence-corrected chi connectivity index (χ2v) is 13.2. The molecule has 6 nitrogen and oxygen atoms in total. The number of fused-ring (bicyclic) bond motifs is 2. The summed E-state index contributed by atoms with van der Waals surface area (Å²) in [6.07, 6.45) is 3.04. The Bertz CT molecular complexity index is 1670. The number of nitrogens with zero attached hydrogens (tertiary/aromatic N) is 1. The maximum Gasteiger partial charge on any atom is 0.323 e. The predicted octanol–water partition coefficient (Wildman–Crippen LogP) is 8.79. The summed E-state index contributed by atoms with van der Waals surface area (Å²) in [4.78, 5) is 16.6. The number of aliphatic hydroxyl groups is 1. The maximum atomic E-state index is 16.1. The fourth-order valence-corrected chi connectivity index (χ4v) is 7.97. The molecule has 0 bridgehead atoms. The number of aliphatic hydroxyl groups excluding tert-OH is 1. The minimum Gasteiger partial charge on any atom is -0.468 e. The lowest BCUT2D eigenvalue weighted by Crippen LogP contribution is -2.60. The SMILES string of the molecule is COC(=O)C1[C@H](c2cccc(Cl)c2F)COCNc2cc(Cl)ccc2C2(CCCCC2)N1[C@H](c1ccccc1)[C@@H](O)c1ccccc1. The van der Waals surface area contributed by atoms with E-state index >= 15 is 4.39 Å². The van der Waals surface area contributed by atoms with Crippen LogP contribution in [0.2, 0.25) is 10.0 Å². The quantitative estimate of drug-likeness (QED) is 0.199. The van der Waals surface area contributed by atoms with Gasteiger partial charge in [-0.25, -0.2) is 4.39 Å². The van der Waals surface area contributed by atoms with Crippen molar-refractivity contribution in [3.8, 4) is 0 Å². The molecule has 9 heteroatoms. The van der Waals surface area contributed by atoms with E-state index in [2.05, 4.69) is 10.2 Å². The Kier molecular flexibility index (Phi) is 10.5. The molecular formula is C38H39Cl2FN2O4. The first kappa shape index (κ1) is 33.4. The van der Waals surface area contributed by atoms with Gasteiger partial charge >= 0.3 is 5.97 Å². The zero-order valence-corrected chi connectivity index (χ0v) is 27.8. The number of anilines is 1. The monoisotopic (exact) mass is 676 g/mol. The van der Waals surface area contributed by atoms with Crippen LogP contribution in [0.15, 0.2) is 97.1 Å². The van der Waals surface area contributed by atoms with E-state index in [0.717, 1.165) is 36.1 Å². The Labute approximate surface area is 285 Å². The Hall–Kier alpha value is -3.46. The lowest BCUT2D eigenvalue weighted by molar-refractivity contribution is -0.161. The molecule has 0 radical (unpaired) electrons. The summed E-state index contributed by atoms with van der Waals surface area (Å²) < 4.78 is 27.9. The van der Waals surface area contributed by atoms with Crippen molar-refractivity contribution in [3.63, 3.8) is 0 Å². The van der Waals surface area contributed by atoms with Crippen molar-refractivity contribution in [2.24, 2.45) is 0 Å². The van der Waals surface area contributed by atoms with Crippen molar-refractivity contribution in [3.05, 3.63) is 135 Å². The number of hydrogen-bond acceptors (Lipinski definition) is 6. The maximum absolute atomic E-state index is 16.1. The van der Waals surface area contributed by atoms with Gasteiger partial charge in [0.25, 0.3) is 0 Å². The molecule has 2 N–H and O–H groups in total. The first-order chi connectivity index (χ1) is 22.9. The molecule has 0 aromatic heterocycles. The normalized spacial score (nSPS) is 21.2. The molecular weight excluding hydrogens is 638 g/mol. The summed E-state index contributed by atoms with van der Waals surface area (Å²) in [6.45, 7) is 0.0696. The van der Waals surface area contributed by atoms with E-state index in [4.69, 9.17) is 32.7 Å². The van der Waals surface area contributed by atoms with Gasteiger partial charge in [0.15, 0.2) is 0 Å². The van der Waals surface area contributed by atoms with Crippen LogP contribution in [0.5, 0.6) is 0 Å². The minimum absolute atomic E-state index is 0.0323. The molecule has 4 aromatic carbocycles. The number of esters is 1. The van der Waals surface area contributed by atoms with Crippen LogP contribution < -0.4 is 5.32 Å². The molecule has 4 atom stereocenters. The smallest absolute Gasteiger partial charge is 0.323 e. The first-order valence-electron chi connectivity index (χ1n) is 16.1. The van der Waals surface area contributed by atoms with Crippen molar-refractivity contribution < 1.29 is 23.8 Å². The van der Waals surface area contributed by atoms with E-state index in [9.17, 15) is 9.90 Å². The fourth-order valence-electron chi connectivity index (χ4n) is 7.62. The van der Waals surface area contributed by atoms with Gasteiger partial charge in [0.2, 0.25) is 0 Å². The van der Waals surface area contributed by atoms with Gasteiger partial charge in [-0.3, -0.25) is 9.69 Å². The Morgan fingerprint density at radius 2 is 1.64 bits per heavy atom. The summed E-state index contributed by atoms with van der Waals surface area (Å²) in [6, 6.07) is 27.8. The zero-order chi connectivity index (χ0) is 33.0. The van der Waals surface area contributed by atoms with Gasteiger partial charge in [-0.1, -0.05) is 121 Å². The van der Waals surface area contributed by atoms with E-state index in [-0.39, 0.29) is 23.9 Å². The molecule has 4 aromatic rings. The van der Waals surface area contributed by atoms with Crippen LogP contribution in [0, 0.1) is 5.82 Å². The Morgan fingerprint density at radius 3 is 2.32 bits per heavy atom. The van der Waals surface area contributed by atoms with E-state index in [1.54, 1.807) is 12.1 Å². The van der Waals surface area contributed by atoms with Crippen LogP contribution in [0.1, 0.15) is 72.4 Å². The van der Waals surface area contributed by atoms with Crippen LogP contribution in [0.3, 0.4) is 0 Å². The largest absolute Gasteiger partial charge is 0.468 e. The number of ether oxygens (including phenoxy) is 2. The highest BCUT2D eigenvalue weighted by Gasteiger charge is 2.54. The highest BCUT2D eigenvalue weighted by Crippen LogP contribution is 2.54. The van der Waals surface area contributed by atoms with Gasteiger partial charge in [-0.2, -0.15) is 0 Å². The standard InChI is InChI=1S/C38H39Cl2FN2O4/c1-46-37(45)35-29(28-16-11-17-31(40)33(28)41)23-47-24-42-32-22-27(39)18-19-30(32)38(20-9-4-10-21-38)43(35)34(25-12-5-2-6-13-25)36(44)26-14-7-3-8-15-26/h2-3,5-8,11-19,22,29,34-36,42,44H,4,9-10,20-21,23-24H2,1H3/t29-,34+,35?,36-/m0/s1. The number of carbonyl (C=O) groups excluding carboxylic acids is 1. The molecule has 0 amide bonds. The van der Waals surface area contributed by atoms with Crippen molar-refractivity contribution in [1.82, 2.24) is 4.90 Å². The first-order valence-corrected chi connectivity index (χ1v) is 16.8. The van der Waals surface area contributed by atoms with Gasteiger partial charge in [0.05, 0.1) is 30.9 Å².